The van der Waals surface area contributed by atoms with Crippen molar-refractivity contribution in [3.05, 3.63) is 29.5 Å². The van der Waals surface area contributed by atoms with Crippen LogP contribution in [-0.2, 0) is 0 Å². The maximum Gasteiger partial charge on any atom is 0.407 e. The van der Waals surface area contributed by atoms with Crippen LogP contribution in [0.4, 0.5) is 10.6 Å². The second kappa shape index (κ2) is 9.78. The number of carboxylic acid groups (broad SMARTS) is 1. The summed E-state index contributed by atoms with van der Waals surface area (Å²) < 4.78 is 1.74. The van der Waals surface area contributed by atoms with Gasteiger partial charge in [0.2, 0.25) is 0 Å². The number of carbonyl (C=O) groups excluding carboxylic acids is 1. The summed E-state index contributed by atoms with van der Waals surface area (Å²) >= 11 is 1.50. The highest BCUT2D eigenvalue weighted by atomic mass is 32.1. The molecule has 188 valence electrons. The smallest absolute Gasteiger partial charge is 0.407 e. The number of aliphatic hydroxyl groups excluding tert-OH is 1. The zero-order chi connectivity index (χ0) is 25.3. The Morgan fingerprint density at radius 3 is 2.63 bits per heavy atom. The molecule has 1 fully saturated rings. The molecule has 1 aliphatic heterocycles. The Hall–Kier alpha value is -3.25. The van der Waals surface area contributed by atoms with Crippen LogP contribution < -0.4 is 5.32 Å². The van der Waals surface area contributed by atoms with Crippen molar-refractivity contribution in [1.82, 2.24) is 29.4 Å². The fourth-order valence-corrected chi connectivity index (χ4v) is 4.91. The molecule has 0 radical (unpaired) electrons. The van der Waals surface area contributed by atoms with Crippen LogP contribution in [0.25, 0.3) is 16.2 Å². The Morgan fingerprint density at radius 1 is 1.29 bits per heavy atom. The Balaban J connectivity index is 1.65. The van der Waals surface area contributed by atoms with E-state index in [9.17, 15) is 19.8 Å². The number of nitrogens with zero attached hydrogens (tertiary/aromatic N) is 6. The molecule has 4 heterocycles. The van der Waals surface area contributed by atoms with Gasteiger partial charge in [-0.2, -0.15) is 5.10 Å². The highest BCUT2D eigenvalue weighted by molar-refractivity contribution is 7.16. The van der Waals surface area contributed by atoms with E-state index in [0.29, 0.717) is 37.6 Å². The summed E-state index contributed by atoms with van der Waals surface area (Å²) in [5.74, 6) is 0.588. The van der Waals surface area contributed by atoms with Gasteiger partial charge in [0.25, 0.3) is 5.91 Å². The lowest BCUT2D eigenvalue weighted by Crippen LogP contribution is -2.47. The van der Waals surface area contributed by atoms with Gasteiger partial charge in [-0.25, -0.2) is 19.3 Å². The van der Waals surface area contributed by atoms with E-state index in [2.05, 4.69) is 20.4 Å². The summed E-state index contributed by atoms with van der Waals surface area (Å²) in [5, 5.41) is 28.7. The molecular formula is C23H31N7O4S. The van der Waals surface area contributed by atoms with Crippen LogP contribution in [0.3, 0.4) is 0 Å². The predicted octanol–water partition coefficient (Wildman–Crippen LogP) is 2.89. The number of hydrogen-bond acceptors (Lipinski definition) is 8. The maximum atomic E-state index is 13.5. The van der Waals surface area contributed by atoms with Gasteiger partial charge in [0.15, 0.2) is 5.82 Å². The first-order chi connectivity index (χ1) is 16.6. The van der Waals surface area contributed by atoms with Crippen molar-refractivity contribution in [2.24, 2.45) is 5.41 Å². The van der Waals surface area contributed by atoms with Gasteiger partial charge >= 0.3 is 6.09 Å². The molecule has 0 unspecified atom stereocenters. The summed E-state index contributed by atoms with van der Waals surface area (Å²) in [5.41, 5.74) is 0.709. The van der Waals surface area contributed by atoms with Crippen molar-refractivity contribution in [2.75, 3.05) is 32.1 Å². The Kier molecular flexibility index (Phi) is 6.95. The van der Waals surface area contributed by atoms with Crippen molar-refractivity contribution in [3.8, 4) is 11.4 Å². The van der Waals surface area contributed by atoms with E-state index in [-0.39, 0.29) is 35.7 Å². The molecule has 3 aromatic rings. The Bertz CT molecular complexity index is 1210. The number of hydrogen-bond donors (Lipinski definition) is 3. The van der Waals surface area contributed by atoms with E-state index in [1.54, 1.807) is 28.7 Å². The van der Waals surface area contributed by atoms with Crippen LogP contribution in [-0.4, -0.2) is 90.4 Å². The molecule has 0 spiro atoms. The largest absolute Gasteiger partial charge is 0.465 e. The molecule has 4 rings (SSSR count). The number of thiazole rings is 1. The highest BCUT2D eigenvalue weighted by Gasteiger charge is 2.30. The van der Waals surface area contributed by atoms with Gasteiger partial charge in [-0.15, -0.1) is 11.3 Å². The van der Waals surface area contributed by atoms with Crippen LogP contribution in [0, 0.1) is 5.41 Å². The molecule has 0 bridgehead atoms. The quantitative estimate of drug-likeness (QED) is 0.469. The normalized spacial score (nSPS) is 15.9. The zero-order valence-corrected chi connectivity index (χ0v) is 21.1. The topological polar surface area (TPSA) is 136 Å². The van der Waals surface area contributed by atoms with Crippen molar-refractivity contribution in [2.45, 2.75) is 45.7 Å². The molecule has 35 heavy (non-hydrogen) atoms. The first kappa shape index (κ1) is 24.9. The number of aliphatic hydroxyl groups is 1. The maximum absolute atomic E-state index is 13.5. The Labute approximate surface area is 207 Å². The molecular weight excluding hydrogens is 470 g/mol. The minimum Gasteiger partial charge on any atom is -0.465 e. The zero-order valence-electron chi connectivity index (χ0n) is 20.3. The third-order valence-electron chi connectivity index (χ3n) is 6.47. The van der Waals surface area contributed by atoms with Gasteiger partial charge in [-0.3, -0.25) is 4.79 Å². The number of carbonyl (C=O) groups is 2. The first-order valence-electron chi connectivity index (χ1n) is 11.5. The number of aromatic nitrogens is 4. The lowest BCUT2D eigenvalue weighted by atomic mass is 9.87. The molecule has 3 aromatic heterocycles. The molecule has 11 nitrogen and oxygen atoms in total. The van der Waals surface area contributed by atoms with Crippen LogP contribution in [0.1, 0.15) is 44.1 Å². The summed E-state index contributed by atoms with van der Waals surface area (Å²) in [6.07, 6.45) is 3.68. The van der Waals surface area contributed by atoms with Crippen molar-refractivity contribution >= 4 is 34.0 Å². The molecule has 3 N–H and O–H groups in total. The third kappa shape index (κ3) is 5.22. The fraction of sp³-hybridized carbons (Fsp3) is 0.522. The van der Waals surface area contributed by atoms with Crippen LogP contribution in [0.5, 0.6) is 0 Å². The molecule has 1 atom stereocenters. The first-order valence-corrected chi connectivity index (χ1v) is 12.4. The number of nitrogens with one attached hydrogen (secondary N) is 1. The van der Waals surface area contributed by atoms with Crippen molar-refractivity contribution < 1.29 is 19.8 Å². The summed E-state index contributed by atoms with van der Waals surface area (Å²) in [4.78, 5) is 37.9. The summed E-state index contributed by atoms with van der Waals surface area (Å²) in [7, 11) is 1.56. The Morgan fingerprint density at radius 2 is 2.00 bits per heavy atom. The highest BCUT2D eigenvalue weighted by Crippen LogP contribution is 2.29. The molecule has 2 amide bonds. The van der Waals surface area contributed by atoms with Crippen LogP contribution >= 0.6 is 11.3 Å². The standard InChI is InChI=1S/C23H31N7O4S/c1-23(2,3)17(13-31)26-18-11-16(20(32)29-7-5-14(6-8-29)28(4)22(33)34)25-19(27-18)15-12-24-30-9-10-35-21(15)30/h9-12,14,17,31H,5-8,13H2,1-4H3,(H,33,34)(H,25,26,27)/t17-/m1/s1. The average Bonchev–Trinajstić information content (AvgIpc) is 3.45. The van der Waals surface area contributed by atoms with E-state index in [0.717, 1.165) is 10.4 Å². The number of likely N-dealkylation sites (tertiary alicyclic amines) is 1. The van der Waals surface area contributed by atoms with Gasteiger partial charge in [-0.05, 0) is 18.3 Å². The van der Waals surface area contributed by atoms with Crippen LogP contribution in [0.15, 0.2) is 23.8 Å². The second-order valence-electron chi connectivity index (χ2n) is 9.84. The lowest BCUT2D eigenvalue weighted by molar-refractivity contribution is 0.0638. The minimum absolute atomic E-state index is 0.0975. The van der Waals surface area contributed by atoms with E-state index in [1.165, 1.54) is 16.2 Å². The van der Waals surface area contributed by atoms with Crippen LogP contribution in [0.2, 0.25) is 0 Å². The van der Waals surface area contributed by atoms with E-state index < -0.39 is 6.09 Å². The number of rotatable bonds is 6. The van der Waals surface area contributed by atoms with Gasteiger partial charge in [0, 0.05) is 43.8 Å². The third-order valence-corrected chi connectivity index (χ3v) is 7.36. The van der Waals surface area contributed by atoms with E-state index in [4.69, 9.17) is 0 Å². The molecule has 0 aliphatic carbocycles. The number of anilines is 1. The van der Waals surface area contributed by atoms with Gasteiger partial charge in [0.05, 0.1) is 24.4 Å². The second-order valence-corrected chi connectivity index (χ2v) is 10.7. The van der Waals surface area contributed by atoms with Crippen molar-refractivity contribution in [3.63, 3.8) is 0 Å². The molecule has 1 aliphatic rings. The number of piperidine rings is 1. The summed E-state index contributed by atoms with van der Waals surface area (Å²) in [6.45, 7) is 6.82. The monoisotopic (exact) mass is 501 g/mol. The lowest BCUT2D eigenvalue weighted by Gasteiger charge is -2.35. The summed E-state index contributed by atoms with van der Waals surface area (Å²) in [6, 6.07) is 1.21. The average molecular weight is 502 g/mol. The fourth-order valence-electron chi connectivity index (χ4n) is 4.12. The number of amides is 2. The predicted molar refractivity (Wildman–Crippen MR) is 133 cm³/mol. The number of fused-ring (bicyclic) bond motifs is 1. The molecule has 12 heteroatoms. The SMILES string of the molecule is CN(C(=O)O)C1CCN(C(=O)c2cc(N[C@H](CO)C(C)(C)C)nc(-c3cnn4ccsc34)n2)CC1. The van der Waals surface area contributed by atoms with Gasteiger partial charge < -0.3 is 25.3 Å². The minimum atomic E-state index is -0.968. The van der Waals surface area contributed by atoms with E-state index >= 15 is 0 Å². The van der Waals surface area contributed by atoms with Crippen molar-refractivity contribution in [1.29, 1.82) is 0 Å². The van der Waals surface area contributed by atoms with Gasteiger partial charge in [-0.1, -0.05) is 20.8 Å². The molecule has 0 aromatic carbocycles. The van der Waals surface area contributed by atoms with E-state index in [1.807, 2.05) is 32.3 Å². The van der Waals surface area contributed by atoms with Gasteiger partial charge in [0.1, 0.15) is 16.3 Å². The molecule has 0 saturated carbocycles. The molecule has 1 saturated heterocycles.